The third kappa shape index (κ3) is 4.07. The van der Waals surface area contributed by atoms with Crippen LogP contribution in [0.5, 0.6) is 0 Å². The van der Waals surface area contributed by atoms with Gasteiger partial charge in [0, 0.05) is 6.54 Å². The van der Waals surface area contributed by atoms with Gasteiger partial charge in [0.25, 0.3) is 0 Å². The number of carbonyl (C=O) groups is 1. The molecule has 0 bridgehead atoms. The second-order valence-corrected chi connectivity index (χ2v) is 4.11. The van der Waals surface area contributed by atoms with Gasteiger partial charge in [-0.2, -0.15) is 0 Å². The summed E-state index contributed by atoms with van der Waals surface area (Å²) in [7, 11) is 0. The number of nitrogens with one attached hydrogen (secondary N) is 2. The van der Waals surface area contributed by atoms with Gasteiger partial charge in [-0.1, -0.05) is 38.5 Å². The zero-order valence-corrected chi connectivity index (χ0v) is 10.3. The molecule has 3 N–H and O–H groups in total. The molecule has 0 aromatic rings. The van der Waals surface area contributed by atoms with Crippen molar-refractivity contribution in [3.63, 3.8) is 0 Å². The first-order valence-corrected chi connectivity index (χ1v) is 5.96. The van der Waals surface area contributed by atoms with Crippen LogP contribution in [0.3, 0.4) is 0 Å². The van der Waals surface area contributed by atoms with E-state index in [2.05, 4.69) is 18.8 Å². The zero-order valence-electron chi connectivity index (χ0n) is 10.3. The van der Waals surface area contributed by atoms with Gasteiger partial charge in [0.05, 0.1) is 0 Å². The Morgan fingerprint density at radius 1 is 1.41 bits per heavy atom. The molecule has 0 unspecified atom stereocenters. The number of hydrogen-bond donors (Lipinski definition) is 3. The van der Waals surface area contributed by atoms with Crippen LogP contribution in [0.1, 0.15) is 32.6 Å². The van der Waals surface area contributed by atoms with E-state index in [0.717, 1.165) is 24.0 Å². The molecule has 0 saturated heterocycles. The Labute approximate surface area is 102 Å². The average Bonchev–Trinajstić information content (AvgIpc) is 2.68. The number of urea groups is 1. The minimum absolute atomic E-state index is 0.420. The van der Waals surface area contributed by atoms with Gasteiger partial charge >= 0.3 is 6.03 Å². The van der Waals surface area contributed by atoms with Gasteiger partial charge in [-0.25, -0.2) is 10.3 Å². The third-order valence-corrected chi connectivity index (χ3v) is 2.83. The maximum atomic E-state index is 10.9. The zero-order chi connectivity index (χ0) is 12.7. The monoisotopic (exact) mass is 236 g/mol. The van der Waals surface area contributed by atoms with E-state index in [9.17, 15) is 4.79 Å². The Kier molecular flexibility index (Phi) is 5.49. The predicted octanol–water partition coefficient (Wildman–Crippen LogP) is 2.68. The second kappa shape index (κ2) is 6.91. The number of unbranched alkanes of at least 4 members (excludes halogenated alkanes) is 2. The predicted molar refractivity (Wildman–Crippen MR) is 67.8 cm³/mol. The normalized spacial score (nSPS) is 14.4. The van der Waals surface area contributed by atoms with Gasteiger partial charge < -0.3 is 5.32 Å². The van der Waals surface area contributed by atoms with Gasteiger partial charge in [0.1, 0.15) is 0 Å². The van der Waals surface area contributed by atoms with E-state index in [-0.39, 0.29) is 0 Å². The molecular formula is C13H20N2O2. The van der Waals surface area contributed by atoms with Crippen LogP contribution in [0.25, 0.3) is 0 Å². The number of allylic oxidation sites excluding steroid dienone is 3. The van der Waals surface area contributed by atoms with Crippen LogP contribution in [0, 0.1) is 0 Å². The van der Waals surface area contributed by atoms with Crippen LogP contribution in [0.4, 0.5) is 4.79 Å². The maximum absolute atomic E-state index is 10.9. The van der Waals surface area contributed by atoms with Crippen molar-refractivity contribution in [2.24, 2.45) is 0 Å². The first-order chi connectivity index (χ1) is 8.19. The Morgan fingerprint density at radius 2 is 2.18 bits per heavy atom. The molecule has 94 valence electrons. The summed E-state index contributed by atoms with van der Waals surface area (Å²) in [4.78, 5) is 10.9. The van der Waals surface area contributed by atoms with Gasteiger partial charge in [-0.3, -0.25) is 5.21 Å². The SMILES string of the molecule is C=C1C=CC(CNC(=O)NO)=C1CCCCC. The van der Waals surface area contributed by atoms with Crippen LogP contribution in [-0.4, -0.2) is 17.8 Å². The molecule has 0 aromatic heterocycles. The molecule has 0 atom stereocenters. The van der Waals surface area contributed by atoms with Crippen LogP contribution >= 0.6 is 0 Å². The molecule has 0 aliphatic heterocycles. The van der Waals surface area contributed by atoms with Crippen molar-refractivity contribution >= 4 is 6.03 Å². The molecule has 1 rings (SSSR count). The largest absolute Gasteiger partial charge is 0.338 e. The molecule has 0 aromatic carbocycles. The van der Waals surface area contributed by atoms with Gasteiger partial charge in [-0.05, 0) is 29.6 Å². The lowest BCUT2D eigenvalue weighted by atomic mass is 10.0. The summed E-state index contributed by atoms with van der Waals surface area (Å²) in [5.74, 6) is 0. The molecule has 0 radical (unpaired) electrons. The quantitative estimate of drug-likeness (QED) is 0.377. The minimum atomic E-state index is -0.587. The van der Waals surface area contributed by atoms with E-state index in [1.165, 1.54) is 18.4 Å². The number of carbonyl (C=O) groups excluding carboxylic acids is 1. The van der Waals surface area contributed by atoms with Crippen molar-refractivity contribution in [1.82, 2.24) is 10.8 Å². The Balaban J connectivity index is 2.54. The number of amides is 2. The summed E-state index contributed by atoms with van der Waals surface area (Å²) in [5.41, 5.74) is 4.88. The summed E-state index contributed by atoms with van der Waals surface area (Å²) >= 11 is 0. The molecule has 1 aliphatic carbocycles. The van der Waals surface area contributed by atoms with Crippen molar-refractivity contribution in [1.29, 1.82) is 0 Å². The van der Waals surface area contributed by atoms with E-state index < -0.39 is 6.03 Å². The summed E-state index contributed by atoms with van der Waals surface area (Å²) in [6.45, 7) is 6.58. The molecule has 4 heteroatoms. The molecule has 4 nitrogen and oxygen atoms in total. The highest BCUT2D eigenvalue weighted by Crippen LogP contribution is 2.27. The molecule has 0 saturated carbocycles. The van der Waals surface area contributed by atoms with Crippen LogP contribution < -0.4 is 10.8 Å². The van der Waals surface area contributed by atoms with Crippen molar-refractivity contribution in [3.05, 3.63) is 35.5 Å². The number of rotatable bonds is 6. The third-order valence-electron chi connectivity index (χ3n) is 2.83. The lowest BCUT2D eigenvalue weighted by Gasteiger charge is -2.09. The average molecular weight is 236 g/mol. The molecular weight excluding hydrogens is 216 g/mol. The molecule has 1 aliphatic rings. The van der Waals surface area contributed by atoms with Gasteiger partial charge in [0.15, 0.2) is 0 Å². The van der Waals surface area contributed by atoms with Crippen molar-refractivity contribution in [2.75, 3.05) is 6.54 Å². The van der Waals surface area contributed by atoms with Crippen molar-refractivity contribution < 1.29 is 10.0 Å². The number of hydroxylamine groups is 1. The van der Waals surface area contributed by atoms with Gasteiger partial charge in [-0.15, -0.1) is 0 Å². The van der Waals surface area contributed by atoms with Crippen LogP contribution in [0.15, 0.2) is 35.5 Å². The minimum Gasteiger partial charge on any atom is -0.332 e. The fraction of sp³-hybridized carbons (Fsp3) is 0.462. The molecule has 0 heterocycles. The standard InChI is InChI=1S/C13H20N2O2/c1-3-4-5-6-12-10(2)7-8-11(12)9-14-13(16)15-17/h7-8,17H,2-6,9H2,1H3,(H2,14,15,16). The van der Waals surface area contributed by atoms with E-state index in [4.69, 9.17) is 5.21 Å². The number of hydrogen-bond acceptors (Lipinski definition) is 2. The lowest BCUT2D eigenvalue weighted by molar-refractivity contribution is 0.162. The summed E-state index contributed by atoms with van der Waals surface area (Å²) in [5, 5.41) is 11.0. The molecule has 17 heavy (non-hydrogen) atoms. The smallest absolute Gasteiger partial charge is 0.332 e. The van der Waals surface area contributed by atoms with Gasteiger partial charge in [0.2, 0.25) is 0 Å². The highest BCUT2D eigenvalue weighted by molar-refractivity contribution is 5.73. The Hall–Kier alpha value is -1.55. The highest BCUT2D eigenvalue weighted by atomic mass is 16.5. The van der Waals surface area contributed by atoms with E-state index >= 15 is 0 Å². The fourth-order valence-corrected chi connectivity index (χ4v) is 1.86. The molecule has 2 amide bonds. The van der Waals surface area contributed by atoms with E-state index in [1.54, 1.807) is 5.48 Å². The topological polar surface area (TPSA) is 61.4 Å². The lowest BCUT2D eigenvalue weighted by Crippen LogP contribution is -2.34. The first-order valence-electron chi connectivity index (χ1n) is 5.96. The second-order valence-electron chi connectivity index (χ2n) is 4.11. The van der Waals surface area contributed by atoms with E-state index in [1.807, 2.05) is 12.2 Å². The van der Waals surface area contributed by atoms with Crippen molar-refractivity contribution in [3.8, 4) is 0 Å². The Bertz CT molecular complexity index is 356. The fourth-order valence-electron chi connectivity index (χ4n) is 1.86. The summed E-state index contributed by atoms with van der Waals surface area (Å²) in [6, 6.07) is -0.587. The van der Waals surface area contributed by atoms with Crippen LogP contribution in [-0.2, 0) is 0 Å². The summed E-state index contributed by atoms with van der Waals surface area (Å²) in [6.07, 6.45) is 8.47. The first kappa shape index (κ1) is 13.5. The Morgan fingerprint density at radius 3 is 2.82 bits per heavy atom. The highest BCUT2D eigenvalue weighted by Gasteiger charge is 2.12. The van der Waals surface area contributed by atoms with Crippen LogP contribution in [0.2, 0.25) is 0 Å². The summed E-state index contributed by atoms with van der Waals surface area (Å²) < 4.78 is 0. The molecule has 0 spiro atoms. The molecule has 0 fully saturated rings. The van der Waals surface area contributed by atoms with Crippen molar-refractivity contribution in [2.45, 2.75) is 32.6 Å². The van der Waals surface area contributed by atoms with E-state index in [0.29, 0.717) is 6.54 Å². The maximum Gasteiger partial charge on any atom is 0.338 e.